The number of hydrogen-bond donors (Lipinski definition) is 3. The first-order valence-corrected chi connectivity index (χ1v) is 11.8. The molecule has 10 heteroatoms. The number of guanidine groups is 1. The van der Waals surface area contributed by atoms with Gasteiger partial charge in [-0.05, 0) is 32.4 Å². The Labute approximate surface area is 155 Å². The highest BCUT2D eigenvalue weighted by atomic mass is 32.2. The van der Waals surface area contributed by atoms with E-state index in [9.17, 15) is 16.8 Å². The third-order valence-electron chi connectivity index (χ3n) is 3.92. The van der Waals surface area contributed by atoms with Gasteiger partial charge in [0.25, 0.3) is 0 Å². The zero-order chi connectivity index (χ0) is 19.2. The van der Waals surface area contributed by atoms with E-state index in [4.69, 9.17) is 0 Å². The van der Waals surface area contributed by atoms with E-state index in [0.717, 1.165) is 5.56 Å². The molecule has 1 heterocycles. The third-order valence-corrected chi connectivity index (χ3v) is 7.17. The van der Waals surface area contributed by atoms with Gasteiger partial charge in [0.15, 0.2) is 15.8 Å². The molecule has 8 nitrogen and oxygen atoms in total. The summed E-state index contributed by atoms with van der Waals surface area (Å²) in [6.45, 7) is 4.81. The summed E-state index contributed by atoms with van der Waals surface area (Å²) < 4.78 is 50.0. The molecule has 0 bridgehead atoms. The quantitative estimate of drug-likeness (QED) is 0.336. The van der Waals surface area contributed by atoms with Crippen molar-refractivity contribution in [3.8, 4) is 0 Å². The molecule has 0 spiro atoms. The summed E-state index contributed by atoms with van der Waals surface area (Å²) in [4.78, 5) is 4.52. The van der Waals surface area contributed by atoms with E-state index in [-0.39, 0.29) is 35.5 Å². The lowest BCUT2D eigenvalue weighted by Gasteiger charge is -2.15. The molecule has 26 heavy (non-hydrogen) atoms. The molecule has 1 aliphatic heterocycles. The highest BCUT2D eigenvalue weighted by Gasteiger charge is 2.28. The Morgan fingerprint density at radius 1 is 1.27 bits per heavy atom. The summed E-state index contributed by atoms with van der Waals surface area (Å²) in [6.07, 6.45) is 0.548. The summed E-state index contributed by atoms with van der Waals surface area (Å²) in [5.74, 6) is 0.766. The summed E-state index contributed by atoms with van der Waals surface area (Å²) in [7, 11) is -6.54. The van der Waals surface area contributed by atoms with Gasteiger partial charge >= 0.3 is 0 Å². The number of hydrogen-bond acceptors (Lipinski definition) is 5. The fourth-order valence-electron chi connectivity index (χ4n) is 2.57. The van der Waals surface area contributed by atoms with Gasteiger partial charge in [-0.2, -0.15) is 0 Å². The molecule has 1 aliphatic rings. The molecule has 2 rings (SSSR count). The molecule has 1 atom stereocenters. The second-order valence-electron chi connectivity index (χ2n) is 6.22. The number of nitrogens with one attached hydrogen (secondary N) is 3. The molecular formula is C16H26N4O4S2. The zero-order valence-corrected chi connectivity index (χ0v) is 16.7. The van der Waals surface area contributed by atoms with E-state index in [0.29, 0.717) is 18.9 Å². The van der Waals surface area contributed by atoms with Crippen LogP contribution < -0.4 is 15.4 Å². The molecule has 1 unspecified atom stereocenters. The maximum atomic E-state index is 12.2. The Kier molecular flexibility index (Phi) is 7.01. The van der Waals surface area contributed by atoms with Crippen molar-refractivity contribution < 1.29 is 16.8 Å². The molecule has 1 saturated heterocycles. The van der Waals surface area contributed by atoms with E-state index in [2.05, 4.69) is 20.3 Å². The minimum absolute atomic E-state index is 0.0947. The fraction of sp³-hybridized carbons (Fsp3) is 0.562. The number of aryl methyl sites for hydroxylation is 1. The second-order valence-corrected chi connectivity index (χ2v) is 10.2. The van der Waals surface area contributed by atoms with Crippen LogP contribution in [-0.4, -0.2) is 60.0 Å². The van der Waals surface area contributed by atoms with Crippen LogP contribution in [0.2, 0.25) is 0 Å². The van der Waals surface area contributed by atoms with Crippen LogP contribution in [0.5, 0.6) is 0 Å². The van der Waals surface area contributed by atoms with Crippen LogP contribution in [0.1, 0.15) is 18.9 Å². The van der Waals surface area contributed by atoms with Gasteiger partial charge in [0.2, 0.25) is 10.0 Å². The lowest BCUT2D eigenvalue weighted by molar-refractivity contribution is 0.581. The van der Waals surface area contributed by atoms with Gasteiger partial charge in [-0.15, -0.1) is 0 Å². The van der Waals surface area contributed by atoms with Crippen molar-refractivity contribution in [2.24, 2.45) is 4.99 Å². The summed E-state index contributed by atoms with van der Waals surface area (Å²) in [6, 6.07) is 6.45. The predicted molar refractivity (Wildman–Crippen MR) is 103 cm³/mol. The zero-order valence-electron chi connectivity index (χ0n) is 15.0. The highest BCUT2D eigenvalue weighted by molar-refractivity contribution is 7.91. The van der Waals surface area contributed by atoms with E-state index in [1.54, 1.807) is 24.3 Å². The molecule has 1 aromatic carbocycles. The van der Waals surface area contributed by atoms with Gasteiger partial charge < -0.3 is 10.6 Å². The number of sulfonamides is 1. The normalized spacial score (nSPS) is 20.1. The van der Waals surface area contributed by atoms with Crippen LogP contribution in [0.25, 0.3) is 0 Å². The Morgan fingerprint density at radius 2 is 1.96 bits per heavy atom. The lowest BCUT2D eigenvalue weighted by Crippen LogP contribution is -2.44. The van der Waals surface area contributed by atoms with Crippen molar-refractivity contribution in [1.29, 1.82) is 0 Å². The monoisotopic (exact) mass is 402 g/mol. The van der Waals surface area contributed by atoms with Crippen LogP contribution in [0.3, 0.4) is 0 Å². The van der Waals surface area contributed by atoms with E-state index < -0.39 is 19.9 Å². The standard InChI is InChI=1S/C16H26N4O4S2/c1-3-17-16(20-14-8-11-25(21,22)12-14)18-9-10-19-26(23,24)15-6-4-13(2)5-7-15/h4-7,14,19H,3,8-12H2,1-2H3,(H2,17,18,20). The van der Waals surface area contributed by atoms with Crippen molar-refractivity contribution in [3.05, 3.63) is 29.8 Å². The molecule has 0 radical (unpaired) electrons. The minimum Gasteiger partial charge on any atom is -0.357 e. The number of sulfone groups is 1. The topological polar surface area (TPSA) is 117 Å². The summed E-state index contributed by atoms with van der Waals surface area (Å²) >= 11 is 0. The van der Waals surface area contributed by atoms with Crippen LogP contribution in [0.15, 0.2) is 34.2 Å². The molecular weight excluding hydrogens is 376 g/mol. The van der Waals surface area contributed by atoms with Gasteiger partial charge in [0, 0.05) is 19.1 Å². The minimum atomic E-state index is -3.56. The Bertz CT molecular complexity index is 834. The first kappa shape index (κ1) is 20.7. The average Bonchev–Trinajstić information content (AvgIpc) is 2.91. The first-order chi connectivity index (χ1) is 12.2. The maximum Gasteiger partial charge on any atom is 0.240 e. The molecule has 3 N–H and O–H groups in total. The number of nitrogens with zero attached hydrogens (tertiary/aromatic N) is 1. The van der Waals surface area contributed by atoms with Crippen LogP contribution in [0.4, 0.5) is 0 Å². The van der Waals surface area contributed by atoms with Crippen molar-refractivity contribution in [1.82, 2.24) is 15.4 Å². The lowest BCUT2D eigenvalue weighted by atomic mass is 10.2. The van der Waals surface area contributed by atoms with Crippen molar-refractivity contribution >= 4 is 25.8 Å². The number of benzene rings is 1. The molecule has 0 amide bonds. The second kappa shape index (κ2) is 8.83. The van der Waals surface area contributed by atoms with Gasteiger partial charge in [-0.25, -0.2) is 21.6 Å². The number of aliphatic imine (C=N–C) groups is 1. The highest BCUT2D eigenvalue weighted by Crippen LogP contribution is 2.11. The Morgan fingerprint density at radius 3 is 2.54 bits per heavy atom. The molecule has 1 fully saturated rings. The van der Waals surface area contributed by atoms with Crippen molar-refractivity contribution in [3.63, 3.8) is 0 Å². The van der Waals surface area contributed by atoms with Crippen LogP contribution in [0, 0.1) is 6.92 Å². The third kappa shape index (κ3) is 6.26. The molecule has 0 aliphatic carbocycles. The summed E-state index contributed by atoms with van der Waals surface area (Å²) in [5.41, 5.74) is 0.990. The molecule has 146 valence electrons. The molecule has 0 aromatic heterocycles. The van der Waals surface area contributed by atoms with Crippen LogP contribution >= 0.6 is 0 Å². The average molecular weight is 403 g/mol. The summed E-state index contributed by atoms with van der Waals surface area (Å²) in [5, 5.41) is 6.13. The molecule has 0 saturated carbocycles. The fourth-order valence-corrected chi connectivity index (χ4v) is 5.27. The van der Waals surface area contributed by atoms with E-state index in [1.807, 2.05) is 13.8 Å². The van der Waals surface area contributed by atoms with Crippen molar-refractivity contribution in [2.45, 2.75) is 31.2 Å². The van der Waals surface area contributed by atoms with E-state index in [1.165, 1.54) is 0 Å². The number of rotatable bonds is 7. The largest absolute Gasteiger partial charge is 0.357 e. The maximum absolute atomic E-state index is 12.2. The van der Waals surface area contributed by atoms with E-state index >= 15 is 0 Å². The SMILES string of the molecule is CCNC(=NCCNS(=O)(=O)c1ccc(C)cc1)NC1CCS(=O)(=O)C1. The van der Waals surface area contributed by atoms with Gasteiger partial charge in [-0.1, -0.05) is 17.7 Å². The Balaban J connectivity index is 1.88. The van der Waals surface area contributed by atoms with Gasteiger partial charge in [-0.3, -0.25) is 4.99 Å². The first-order valence-electron chi connectivity index (χ1n) is 8.53. The Hall–Kier alpha value is -1.65. The van der Waals surface area contributed by atoms with Crippen LogP contribution in [-0.2, 0) is 19.9 Å². The van der Waals surface area contributed by atoms with Crippen molar-refractivity contribution in [2.75, 3.05) is 31.1 Å². The molecule has 1 aromatic rings. The smallest absolute Gasteiger partial charge is 0.240 e. The van der Waals surface area contributed by atoms with Gasteiger partial charge in [0.05, 0.1) is 22.9 Å². The predicted octanol–water partition coefficient (Wildman–Crippen LogP) is 0.0155. The van der Waals surface area contributed by atoms with Gasteiger partial charge in [0.1, 0.15) is 0 Å².